The van der Waals surface area contributed by atoms with Crippen LogP contribution >= 0.6 is 0 Å². The quantitative estimate of drug-likeness (QED) is 0.670. The lowest BCUT2D eigenvalue weighted by molar-refractivity contribution is -0.153. The highest BCUT2D eigenvalue weighted by Gasteiger charge is 2.63. The van der Waals surface area contributed by atoms with E-state index in [9.17, 15) is 9.90 Å². The summed E-state index contributed by atoms with van der Waals surface area (Å²) in [4.78, 5) is 26.9. The fraction of sp³-hybridized carbons (Fsp3) is 0.700. The normalized spacial score (nSPS) is 31.3. The van der Waals surface area contributed by atoms with Crippen LogP contribution in [0.3, 0.4) is 0 Å². The lowest BCUT2D eigenvalue weighted by Crippen LogP contribution is -2.52. The van der Waals surface area contributed by atoms with Gasteiger partial charge in [0, 0.05) is 19.5 Å². The summed E-state index contributed by atoms with van der Waals surface area (Å²) in [6, 6.07) is 0. The first-order chi connectivity index (χ1) is 14.8. The molecule has 0 aliphatic carbocycles. The third kappa shape index (κ3) is 3.74. The highest BCUT2D eigenvalue weighted by Crippen LogP contribution is 2.49. The van der Waals surface area contributed by atoms with Crippen LogP contribution in [0.2, 0.25) is 0 Å². The zero-order valence-corrected chi connectivity index (χ0v) is 18.0. The van der Waals surface area contributed by atoms with E-state index < -0.39 is 29.6 Å². The van der Waals surface area contributed by atoms with Crippen molar-refractivity contribution in [3.8, 4) is 0 Å². The first kappa shape index (κ1) is 21.8. The lowest BCUT2D eigenvalue weighted by atomic mass is 9.84. The van der Waals surface area contributed by atoms with Crippen LogP contribution in [0, 0.1) is 0 Å². The summed E-state index contributed by atoms with van der Waals surface area (Å²) in [6.07, 6.45) is 1.46. The van der Waals surface area contributed by atoms with Crippen LogP contribution in [0.15, 0.2) is 12.7 Å². The van der Waals surface area contributed by atoms with Crippen molar-refractivity contribution in [2.24, 2.45) is 0 Å². The van der Waals surface area contributed by atoms with Crippen LogP contribution in [-0.4, -0.2) is 80.9 Å². The SMILES string of the molecule is CCCC(=O)OC[C@H]1O[C@H](n2cnc3c(N4CCOCC4)ncnc32)[C@](C)(F)[C@@]1(C)O. The Morgan fingerprint density at radius 1 is 1.32 bits per heavy atom. The number of halogens is 1. The van der Waals surface area contributed by atoms with Crippen LogP contribution in [-0.2, 0) is 19.0 Å². The predicted octanol–water partition coefficient (Wildman–Crippen LogP) is 1.38. The van der Waals surface area contributed by atoms with Gasteiger partial charge in [-0.2, -0.15) is 0 Å². The molecule has 0 saturated carbocycles. The molecule has 0 radical (unpaired) electrons. The number of aromatic nitrogens is 4. The van der Waals surface area contributed by atoms with Crippen LogP contribution < -0.4 is 4.90 Å². The standard InChI is InChI=1S/C20H28FN5O5/c1-4-5-14(27)30-10-13-20(3,28)19(2,21)18(31-13)26-12-24-15-16(22-11-23-17(15)26)25-6-8-29-9-7-25/h11-13,18,28H,4-10H2,1-3H3/t13-,18+,19+,20+/m1/s1. The average molecular weight is 437 g/mol. The number of ether oxygens (including phenoxy) is 3. The monoisotopic (exact) mass is 437 g/mol. The first-order valence-electron chi connectivity index (χ1n) is 10.5. The number of hydrogen-bond acceptors (Lipinski definition) is 9. The molecular weight excluding hydrogens is 409 g/mol. The second-order valence-corrected chi connectivity index (χ2v) is 8.25. The van der Waals surface area contributed by atoms with Gasteiger partial charge in [-0.3, -0.25) is 9.36 Å². The molecule has 2 aromatic heterocycles. The van der Waals surface area contributed by atoms with Crippen molar-refractivity contribution in [3.05, 3.63) is 12.7 Å². The number of morpholine rings is 1. The van der Waals surface area contributed by atoms with E-state index in [0.717, 1.165) is 0 Å². The van der Waals surface area contributed by atoms with Gasteiger partial charge in [-0.25, -0.2) is 19.3 Å². The van der Waals surface area contributed by atoms with Gasteiger partial charge in [-0.1, -0.05) is 6.92 Å². The lowest BCUT2D eigenvalue weighted by Gasteiger charge is -2.33. The Kier molecular flexibility index (Phi) is 5.84. The van der Waals surface area contributed by atoms with Gasteiger partial charge in [0.2, 0.25) is 0 Å². The number of imidazole rings is 1. The van der Waals surface area contributed by atoms with Crippen molar-refractivity contribution in [1.29, 1.82) is 0 Å². The Hall–Kier alpha value is -2.37. The Morgan fingerprint density at radius 2 is 2.06 bits per heavy atom. The molecule has 4 heterocycles. The number of carbonyl (C=O) groups is 1. The number of carbonyl (C=O) groups excluding carboxylic acids is 1. The summed E-state index contributed by atoms with van der Waals surface area (Å²) in [5.41, 5.74) is -3.20. The second-order valence-electron chi connectivity index (χ2n) is 8.25. The molecule has 2 fully saturated rings. The molecule has 1 N–H and O–H groups in total. The van der Waals surface area contributed by atoms with Gasteiger partial charge < -0.3 is 24.2 Å². The third-order valence-corrected chi connectivity index (χ3v) is 6.13. The first-order valence-corrected chi connectivity index (χ1v) is 10.5. The van der Waals surface area contributed by atoms with E-state index in [4.69, 9.17) is 14.2 Å². The summed E-state index contributed by atoms with van der Waals surface area (Å²) in [6.45, 7) is 6.72. The highest BCUT2D eigenvalue weighted by atomic mass is 19.1. The smallest absolute Gasteiger partial charge is 0.305 e. The van der Waals surface area contributed by atoms with Crippen molar-refractivity contribution in [3.63, 3.8) is 0 Å². The average Bonchev–Trinajstić information content (AvgIpc) is 3.24. The summed E-state index contributed by atoms with van der Waals surface area (Å²) in [7, 11) is 0. The van der Waals surface area contributed by atoms with Crippen LogP contribution in [0.25, 0.3) is 11.2 Å². The molecule has 2 aliphatic rings. The van der Waals surface area contributed by atoms with E-state index in [1.165, 1.54) is 31.1 Å². The molecule has 4 rings (SSSR count). The maximum absolute atomic E-state index is 15.9. The fourth-order valence-electron chi connectivity index (χ4n) is 3.97. The van der Waals surface area contributed by atoms with Gasteiger partial charge in [-0.05, 0) is 20.3 Å². The van der Waals surface area contributed by atoms with E-state index in [1.807, 2.05) is 11.8 Å². The zero-order chi connectivity index (χ0) is 22.2. The number of fused-ring (bicyclic) bond motifs is 1. The van der Waals surface area contributed by atoms with E-state index in [0.29, 0.717) is 49.7 Å². The molecule has 4 atom stereocenters. The summed E-state index contributed by atoms with van der Waals surface area (Å²) >= 11 is 0. The Morgan fingerprint density at radius 3 is 2.77 bits per heavy atom. The van der Waals surface area contributed by atoms with Gasteiger partial charge in [-0.15, -0.1) is 0 Å². The summed E-state index contributed by atoms with van der Waals surface area (Å²) in [5, 5.41) is 10.9. The Balaban J connectivity index is 1.63. The molecule has 0 spiro atoms. The molecule has 2 aliphatic heterocycles. The summed E-state index contributed by atoms with van der Waals surface area (Å²) in [5.74, 6) is 0.226. The molecule has 0 aromatic carbocycles. The topological polar surface area (TPSA) is 112 Å². The van der Waals surface area contributed by atoms with E-state index >= 15 is 4.39 Å². The van der Waals surface area contributed by atoms with Crippen molar-refractivity contribution in [2.75, 3.05) is 37.8 Å². The molecular formula is C20H28FN5O5. The highest BCUT2D eigenvalue weighted by molar-refractivity contribution is 5.83. The Labute approximate surface area is 179 Å². The van der Waals surface area contributed by atoms with Gasteiger partial charge >= 0.3 is 5.97 Å². The van der Waals surface area contributed by atoms with Crippen molar-refractivity contribution in [2.45, 2.75) is 57.2 Å². The minimum atomic E-state index is -2.20. The van der Waals surface area contributed by atoms with Gasteiger partial charge in [0.25, 0.3) is 0 Å². The molecule has 170 valence electrons. The molecule has 0 unspecified atom stereocenters. The molecule has 31 heavy (non-hydrogen) atoms. The number of anilines is 1. The van der Waals surface area contributed by atoms with E-state index in [2.05, 4.69) is 15.0 Å². The molecule has 2 aromatic rings. The van der Waals surface area contributed by atoms with Crippen LogP contribution in [0.1, 0.15) is 39.8 Å². The molecule has 10 nitrogen and oxygen atoms in total. The van der Waals surface area contributed by atoms with E-state index in [-0.39, 0.29) is 13.0 Å². The second kappa shape index (κ2) is 8.29. The Bertz CT molecular complexity index is 943. The molecule has 2 saturated heterocycles. The van der Waals surface area contributed by atoms with Crippen LogP contribution in [0.5, 0.6) is 0 Å². The van der Waals surface area contributed by atoms with Gasteiger partial charge in [0.15, 0.2) is 28.9 Å². The van der Waals surface area contributed by atoms with Crippen LogP contribution in [0.4, 0.5) is 10.2 Å². The number of nitrogens with zero attached hydrogens (tertiary/aromatic N) is 5. The van der Waals surface area contributed by atoms with Gasteiger partial charge in [0.05, 0.1) is 19.5 Å². The van der Waals surface area contributed by atoms with E-state index in [1.54, 1.807) is 0 Å². The number of esters is 1. The molecule has 11 heteroatoms. The number of alkyl halides is 1. The fourth-order valence-corrected chi connectivity index (χ4v) is 3.97. The molecule has 0 amide bonds. The van der Waals surface area contributed by atoms with Crippen molar-refractivity contribution >= 4 is 23.0 Å². The largest absolute Gasteiger partial charge is 0.463 e. The third-order valence-electron chi connectivity index (χ3n) is 6.13. The van der Waals surface area contributed by atoms with Crippen molar-refractivity contribution in [1.82, 2.24) is 19.5 Å². The number of hydrogen-bond donors (Lipinski definition) is 1. The van der Waals surface area contributed by atoms with Gasteiger partial charge in [0.1, 0.15) is 24.6 Å². The minimum absolute atomic E-state index is 0.248. The zero-order valence-electron chi connectivity index (χ0n) is 18.0. The van der Waals surface area contributed by atoms with Crippen molar-refractivity contribution < 1.29 is 28.5 Å². The number of aliphatic hydroxyl groups is 1. The molecule has 0 bridgehead atoms. The maximum atomic E-state index is 15.9. The minimum Gasteiger partial charge on any atom is -0.463 e. The summed E-state index contributed by atoms with van der Waals surface area (Å²) < 4.78 is 33.8. The number of rotatable bonds is 6. The predicted molar refractivity (Wildman–Crippen MR) is 108 cm³/mol. The maximum Gasteiger partial charge on any atom is 0.305 e.